The first-order valence-corrected chi connectivity index (χ1v) is 8.87. The number of aliphatic imine (C=N–C) groups is 1. The van der Waals surface area contributed by atoms with Crippen LogP contribution in [0.15, 0.2) is 27.6 Å². The number of likely N-dealkylation sites (N-methyl/N-ethyl adjacent to an activating group) is 1. The fourth-order valence-corrected chi connectivity index (χ4v) is 2.47. The summed E-state index contributed by atoms with van der Waals surface area (Å²) in [5.74, 6) is 0. The van der Waals surface area contributed by atoms with Gasteiger partial charge in [0.1, 0.15) is 19.1 Å². The molecule has 0 saturated carbocycles. The maximum atomic E-state index is 11.2. The Hall–Kier alpha value is -1.55. The van der Waals surface area contributed by atoms with Gasteiger partial charge in [-0.15, -0.1) is 0 Å². The summed E-state index contributed by atoms with van der Waals surface area (Å²) >= 11 is 0. The Morgan fingerprint density at radius 1 is 1.12 bits per heavy atom. The lowest BCUT2D eigenvalue weighted by atomic mass is 10.2. The normalized spacial score (nSPS) is 16.6. The van der Waals surface area contributed by atoms with Crippen LogP contribution in [0.25, 0.3) is 0 Å². The fraction of sp³-hybridized carbons (Fsp3) is 0.824. The van der Waals surface area contributed by atoms with Crippen LogP contribution in [0, 0.1) is 9.81 Å². The second kappa shape index (κ2) is 15.7. The molecule has 1 N–H and O–H groups in total. The molecule has 9 heteroatoms. The average molecular weight is 373 g/mol. The van der Waals surface area contributed by atoms with E-state index < -0.39 is 12.1 Å². The van der Waals surface area contributed by atoms with Crippen molar-refractivity contribution in [1.82, 2.24) is 0 Å². The van der Waals surface area contributed by atoms with Crippen molar-refractivity contribution in [3.63, 3.8) is 0 Å². The van der Waals surface area contributed by atoms with Gasteiger partial charge in [-0.3, -0.25) is 4.99 Å². The molecule has 9 nitrogen and oxygen atoms in total. The molecule has 0 aromatic rings. The molecule has 26 heavy (non-hydrogen) atoms. The van der Waals surface area contributed by atoms with Crippen molar-refractivity contribution in [2.75, 3.05) is 60.2 Å². The minimum atomic E-state index is -0.599. The van der Waals surface area contributed by atoms with Crippen LogP contribution >= 0.6 is 0 Å². The van der Waals surface area contributed by atoms with Gasteiger partial charge >= 0.3 is 0 Å². The average Bonchev–Trinajstić information content (AvgIpc) is 2.63. The molecule has 3 atom stereocenters. The highest BCUT2D eigenvalue weighted by atomic mass is 16.5. The van der Waals surface area contributed by atoms with Gasteiger partial charge in [-0.1, -0.05) is 23.4 Å². The van der Waals surface area contributed by atoms with Gasteiger partial charge in [-0.2, -0.15) is 9.81 Å². The van der Waals surface area contributed by atoms with E-state index in [1.54, 1.807) is 6.20 Å². The van der Waals surface area contributed by atoms with Gasteiger partial charge in [0.25, 0.3) is 0 Å². The number of hydrogen-bond acceptors (Lipinski definition) is 8. The van der Waals surface area contributed by atoms with Gasteiger partial charge in [0.2, 0.25) is 0 Å². The van der Waals surface area contributed by atoms with Crippen molar-refractivity contribution >= 4 is 6.21 Å². The summed E-state index contributed by atoms with van der Waals surface area (Å²) in [6.07, 6.45) is 7.21. The van der Waals surface area contributed by atoms with E-state index in [-0.39, 0.29) is 26.4 Å². The first-order chi connectivity index (χ1) is 12.5. The number of rotatable bonds is 17. The molecule has 0 aliphatic heterocycles. The number of nitroso groups, excluding NO2 is 2. The third-order valence-electron chi connectivity index (χ3n) is 3.90. The smallest absolute Gasteiger partial charge is 0.164 e. The van der Waals surface area contributed by atoms with E-state index in [0.29, 0.717) is 17.6 Å². The van der Waals surface area contributed by atoms with Crippen molar-refractivity contribution in [1.29, 1.82) is 0 Å². The summed E-state index contributed by atoms with van der Waals surface area (Å²) in [6, 6.07) is -1.17. The SMILES string of the molecule is CC/C=C\N=C/CC[N+](C)(CCO)CC(COCC(COC)N=O)N=O. The predicted molar refractivity (Wildman–Crippen MR) is 102 cm³/mol. The van der Waals surface area contributed by atoms with Crippen LogP contribution in [-0.2, 0) is 9.47 Å². The van der Waals surface area contributed by atoms with Crippen LogP contribution in [0.1, 0.15) is 19.8 Å². The molecule has 0 heterocycles. The second-order valence-corrected chi connectivity index (χ2v) is 6.40. The minimum absolute atomic E-state index is 0.0147. The van der Waals surface area contributed by atoms with Crippen molar-refractivity contribution in [3.05, 3.63) is 22.1 Å². The van der Waals surface area contributed by atoms with Gasteiger partial charge < -0.3 is 19.1 Å². The molecule has 0 aromatic heterocycles. The van der Waals surface area contributed by atoms with Crippen molar-refractivity contribution in [2.45, 2.75) is 31.8 Å². The Balaban J connectivity index is 4.51. The summed E-state index contributed by atoms with van der Waals surface area (Å²) in [6.45, 7) is 4.08. The van der Waals surface area contributed by atoms with E-state index >= 15 is 0 Å². The molecule has 0 aliphatic rings. The van der Waals surface area contributed by atoms with Crippen LogP contribution < -0.4 is 0 Å². The van der Waals surface area contributed by atoms with Crippen LogP contribution in [0.2, 0.25) is 0 Å². The first-order valence-electron chi connectivity index (χ1n) is 8.87. The van der Waals surface area contributed by atoms with Gasteiger partial charge in [0.05, 0.1) is 40.0 Å². The zero-order valence-electron chi connectivity index (χ0n) is 16.1. The predicted octanol–water partition coefficient (Wildman–Crippen LogP) is 1.74. The highest BCUT2D eigenvalue weighted by Crippen LogP contribution is 2.09. The van der Waals surface area contributed by atoms with E-state index in [9.17, 15) is 14.9 Å². The lowest BCUT2D eigenvalue weighted by molar-refractivity contribution is -0.910. The van der Waals surface area contributed by atoms with Crippen LogP contribution in [0.3, 0.4) is 0 Å². The van der Waals surface area contributed by atoms with Gasteiger partial charge in [0, 0.05) is 25.9 Å². The van der Waals surface area contributed by atoms with Crippen LogP contribution in [-0.4, -0.2) is 88.1 Å². The first kappa shape index (κ1) is 24.5. The largest absolute Gasteiger partial charge is 0.391 e. The Bertz CT molecular complexity index is 433. The van der Waals surface area contributed by atoms with Crippen LogP contribution in [0.5, 0.6) is 0 Å². The van der Waals surface area contributed by atoms with Crippen molar-refractivity contribution in [3.8, 4) is 0 Å². The number of aliphatic hydroxyl groups is 1. The van der Waals surface area contributed by atoms with E-state index in [2.05, 4.69) is 15.3 Å². The van der Waals surface area contributed by atoms with Crippen molar-refractivity contribution < 1.29 is 19.1 Å². The number of allylic oxidation sites excluding steroid dienone is 1. The van der Waals surface area contributed by atoms with Crippen molar-refractivity contribution in [2.24, 2.45) is 15.3 Å². The molecule has 3 unspecified atom stereocenters. The number of ether oxygens (including phenoxy) is 2. The fourth-order valence-electron chi connectivity index (χ4n) is 2.47. The molecule has 0 amide bonds. The molecular formula is C17H33N4O5+. The molecule has 150 valence electrons. The maximum Gasteiger partial charge on any atom is 0.164 e. The summed E-state index contributed by atoms with van der Waals surface area (Å²) in [7, 11) is 3.44. The molecular weight excluding hydrogens is 340 g/mol. The lowest BCUT2D eigenvalue weighted by Crippen LogP contribution is -2.51. The number of methoxy groups -OCH3 is 1. The Kier molecular flexibility index (Phi) is 14.8. The molecule has 0 saturated heterocycles. The number of hydrogen-bond donors (Lipinski definition) is 1. The highest BCUT2D eigenvalue weighted by Gasteiger charge is 2.27. The summed E-state index contributed by atoms with van der Waals surface area (Å²) in [4.78, 5) is 26.0. The topological polar surface area (TPSA) is 110 Å². The Morgan fingerprint density at radius 3 is 2.38 bits per heavy atom. The standard InChI is InChI=1S/C17H33N4O5/c1-4-5-7-18-8-6-9-21(2,10-11-22)12-16(19-23)14-26-15-17(20-24)13-25-3/h5,7-8,16-17,22H,4,6,9-15H2,1-3H3/q+1/b7-5-,18-8-. The molecule has 0 fully saturated rings. The highest BCUT2D eigenvalue weighted by molar-refractivity contribution is 5.58. The van der Waals surface area contributed by atoms with Gasteiger partial charge in [-0.25, -0.2) is 0 Å². The summed E-state index contributed by atoms with van der Waals surface area (Å²) < 4.78 is 10.8. The monoisotopic (exact) mass is 373 g/mol. The minimum Gasteiger partial charge on any atom is -0.391 e. The third kappa shape index (κ3) is 11.9. The molecule has 0 aromatic carbocycles. The number of aliphatic hydroxyl groups excluding tert-OH is 1. The van der Waals surface area contributed by atoms with Gasteiger partial charge in [-0.05, 0) is 6.42 Å². The Labute approximate surface area is 155 Å². The zero-order chi connectivity index (χ0) is 19.7. The maximum absolute atomic E-state index is 11.2. The van der Waals surface area contributed by atoms with Crippen LogP contribution in [0.4, 0.5) is 0 Å². The Morgan fingerprint density at radius 2 is 1.81 bits per heavy atom. The summed E-state index contributed by atoms with van der Waals surface area (Å²) in [5.41, 5.74) is 0. The lowest BCUT2D eigenvalue weighted by Gasteiger charge is -2.35. The van der Waals surface area contributed by atoms with E-state index in [4.69, 9.17) is 9.47 Å². The molecule has 0 aliphatic carbocycles. The second-order valence-electron chi connectivity index (χ2n) is 6.40. The van der Waals surface area contributed by atoms with E-state index in [1.807, 2.05) is 26.3 Å². The number of quaternary nitrogens is 1. The van der Waals surface area contributed by atoms with E-state index in [0.717, 1.165) is 19.4 Å². The number of nitrogens with zero attached hydrogens (tertiary/aromatic N) is 4. The third-order valence-corrected chi connectivity index (χ3v) is 3.90. The molecule has 0 spiro atoms. The van der Waals surface area contributed by atoms with Gasteiger partial charge in [0.15, 0.2) is 6.04 Å². The zero-order valence-corrected chi connectivity index (χ0v) is 16.1. The summed E-state index contributed by atoms with van der Waals surface area (Å²) in [5, 5.41) is 15.4. The molecule has 0 bridgehead atoms. The molecule has 0 radical (unpaired) electrons. The quantitative estimate of drug-likeness (QED) is 0.237. The molecule has 0 rings (SSSR count). The van der Waals surface area contributed by atoms with E-state index in [1.165, 1.54) is 7.11 Å².